The minimum atomic E-state index is -0.455. The highest BCUT2D eigenvalue weighted by Crippen LogP contribution is 2.68. The van der Waals surface area contributed by atoms with E-state index in [4.69, 9.17) is 4.74 Å². The van der Waals surface area contributed by atoms with Crippen LogP contribution in [0.25, 0.3) is 0 Å². The first-order valence-electron chi connectivity index (χ1n) is 5.64. The second-order valence-electron chi connectivity index (χ2n) is 5.49. The molecule has 0 radical (unpaired) electrons. The highest BCUT2D eigenvalue weighted by molar-refractivity contribution is 8.01. The maximum absolute atomic E-state index is 11.9. The lowest BCUT2D eigenvalue weighted by molar-refractivity contribution is -0.143. The van der Waals surface area contributed by atoms with Crippen molar-refractivity contribution in [1.82, 2.24) is 0 Å². The monoisotopic (exact) mass is 256 g/mol. The molecular weight excluding hydrogens is 236 g/mol. The van der Waals surface area contributed by atoms with E-state index in [2.05, 4.69) is 27.7 Å². The fraction of sp³-hybridized carbons (Fsp3) is 0.692. The van der Waals surface area contributed by atoms with Crippen molar-refractivity contribution in [3.8, 4) is 0 Å². The standard InChI is InChI=1S/C13H20O3S/c1-12(2)11(13(12,3)4)9(14)8-16-10(15)6-7-17-5/h6-7,11H,8H2,1-5H3/b7-6+. The average Bonchev–Trinajstić information content (AvgIpc) is 2.63. The van der Waals surface area contributed by atoms with Crippen molar-refractivity contribution in [3.05, 3.63) is 11.5 Å². The molecule has 0 aromatic heterocycles. The lowest BCUT2D eigenvalue weighted by Crippen LogP contribution is -2.17. The number of carbonyl (C=O) groups is 2. The summed E-state index contributed by atoms with van der Waals surface area (Å²) in [5, 5.41) is 1.64. The van der Waals surface area contributed by atoms with Crippen molar-refractivity contribution >= 4 is 23.5 Å². The summed E-state index contributed by atoms with van der Waals surface area (Å²) in [6.07, 6.45) is 3.19. The van der Waals surface area contributed by atoms with E-state index in [9.17, 15) is 9.59 Å². The molecule has 0 aromatic carbocycles. The zero-order chi connectivity index (χ0) is 13.3. The number of rotatable bonds is 5. The van der Waals surface area contributed by atoms with Gasteiger partial charge in [-0.15, -0.1) is 11.8 Å². The SMILES string of the molecule is CS/C=C/C(=O)OCC(=O)C1C(C)(C)C1(C)C. The largest absolute Gasteiger partial charge is 0.454 e. The normalized spacial score (nSPS) is 21.5. The molecule has 0 heterocycles. The molecule has 0 aromatic rings. The lowest BCUT2D eigenvalue weighted by Gasteiger charge is -2.03. The van der Waals surface area contributed by atoms with Crippen molar-refractivity contribution in [3.63, 3.8) is 0 Å². The third-order valence-corrected chi connectivity index (χ3v) is 4.45. The Morgan fingerprint density at radius 2 is 1.76 bits per heavy atom. The summed E-state index contributed by atoms with van der Waals surface area (Å²) < 4.78 is 4.91. The molecule has 0 unspecified atom stereocenters. The predicted molar refractivity (Wildman–Crippen MR) is 69.7 cm³/mol. The molecule has 1 rings (SSSR count). The zero-order valence-electron chi connectivity index (χ0n) is 11.1. The van der Waals surface area contributed by atoms with Gasteiger partial charge in [0, 0.05) is 12.0 Å². The van der Waals surface area contributed by atoms with Crippen molar-refractivity contribution in [2.24, 2.45) is 16.7 Å². The van der Waals surface area contributed by atoms with Crippen molar-refractivity contribution in [2.75, 3.05) is 12.9 Å². The Morgan fingerprint density at radius 1 is 1.24 bits per heavy atom. The summed E-state index contributed by atoms with van der Waals surface area (Å²) in [5.74, 6) is -0.442. The Kier molecular flexibility index (Phi) is 4.07. The lowest BCUT2D eigenvalue weighted by atomic mass is 10.0. The molecule has 1 saturated carbocycles. The maximum Gasteiger partial charge on any atom is 0.331 e. The Balaban J connectivity index is 2.43. The molecule has 0 spiro atoms. The topological polar surface area (TPSA) is 43.4 Å². The van der Waals surface area contributed by atoms with Crippen LogP contribution < -0.4 is 0 Å². The molecule has 1 aliphatic carbocycles. The number of hydrogen-bond donors (Lipinski definition) is 0. The molecular formula is C13H20O3S. The summed E-state index contributed by atoms with van der Waals surface area (Å²) >= 11 is 1.42. The van der Waals surface area contributed by atoms with E-state index in [-0.39, 0.29) is 29.1 Å². The fourth-order valence-electron chi connectivity index (χ4n) is 2.40. The van der Waals surface area contributed by atoms with Gasteiger partial charge in [-0.05, 0) is 22.5 Å². The van der Waals surface area contributed by atoms with E-state index in [0.717, 1.165) is 0 Å². The number of ether oxygens (including phenoxy) is 1. The molecule has 0 N–H and O–H groups in total. The molecule has 17 heavy (non-hydrogen) atoms. The number of ketones is 1. The van der Waals surface area contributed by atoms with E-state index in [1.165, 1.54) is 17.8 Å². The third-order valence-electron chi connectivity index (χ3n) is 4.04. The van der Waals surface area contributed by atoms with Gasteiger partial charge in [-0.25, -0.2) is 4.79 Å². The minimum absolute atomic E-state index is 0.00556. The number of hydrogen-bond acceptors (Lipinski definition) is 4. The summed E-state index contributed by atoms with van der Waals surface area (Å²) in [7, 11) is 0. The average molecular weight is 256 g/mol. The Bertz CT molecular complexity index is 342. The molecule has 0 atom stereocenters. The second-order valence-corrected chi connectivity index (χ2v) is 6.23. The number of thioether (sulfide) groups is 1. The third kappa shape index (κ3) is 2.73. The number of esters is 1. The van der Waals surface area contributed by atoms with Gasteiger partial charge < -0.3 is 4.74 Å². The predicted octanol–water partition coefficient (Wildman–Crippen LogP) is 2.66. The molecule has 1 aliphatic rings. The summed E-state index contributed by atoms with van der Waals surface area (Å²) in [4.78, 5) is 23.1. The molecule has 1 fully saturated rings. The van der Waals surface area contributed by atoms with Crippen LogP contribution in [0.4, 0.5) is 0 Å². The number of Topliss-reactive ketones (excluding diaryl/α,β-unsaturated/α-hetero) is 1. The van der Waals surface area contributed by atoms with Crippen LogP contribution in [-0.4, -0.2) is 24.6 Å². The van der Waals surface area contributed by atoms with Crippen LogP contribution in [0.15, 0.2) is 11.5 Å². The molecule has 0 saturated heterocycles. The van der Waals surface area contributed by atoms with Gasteiger partial charge in [0.25, 0.3) is 0 Å². The first-order valence-corrected chi connectivity index (χ1v) is 6.92. The van der Waals surface area contributed by atoms with E-state index >= 15 is 0 Å². The Hall–Kier alpha value is -0.770. The molecule has 0 bridgehead atoms. The highest BCUT2D eigenvalue weighted by atomic mass is 32.2. The molecule has 0 amide bonds. The van der Waals surface area contributed by atoms with Gasteiger partial charge in [0.05, 0.1) is 0 Å². The summed E-state index contributed by atoms with van der Waals surface area (Å²) in [6.45, 7) is 8.18. The smallest absolute Gasteiger partial charge is 0.331 e. The van der Waals surface area contributed by atoms with Gasteiger partial charge >= 0.3 is 5.97 Å². The molecule has 96 valence electrons. The van der Waals surface area contributed by atoms with Crippen molar-refractivity contribution in [1.29, 1.82) is 0 Å². The van der Waals surface area contributed by atoms with Gasteiger partial charge in [0.2, 0.25) is 0 Å². The number of carbonyl (C=O) groups excluding carboxylic acids is 2. The van der Waals surface area contributed by atoms with Crippen LogP contribution in [0.1, 0.15) is 27.7 Å². The quantitative estimate of drug-likeness (QED) is 0.560. The van der Waals surface area contributed by atoms with E-state index in [0.29, 0.717) is 0 Å². The van der Waals surface area contributed by atoms with Gasteiger partial charge in [-0.2, -0.15) is 0 Å². The first kappa shape index (κ1) is 14.3. The highest BCUT2D eigenvalue weighted by Gasteiger charge is 2.67. The van der Waals surface area contributed by atoms with Crippen molar-refractivity contribution < 1.29 is 14.3 Å². The van der Waals surface area contributed by atoms with Crippen LogP contribution in [-0.2, 0) is 14.3 Å². The van der Waals surface area contributed by atoms with Crippen LogP contribution in [0.2, 0.25) is 0 Å². The molecule has 3 nitrogen and oxygen atoms in total. The van der Waals surface area contributed by atoms with Crippen molar-refractivity contribution in [2.45, 2.75) is 27.7 Å². The Labute approximate surface area is 107 Å². The van der Waals surface area contributed by atoms with Crippen LogP contribution in [0.3, 0.4) is 0 Å². The van der Waals surface area contributed by atoms with Crippen LogP contribution in [0, 0.1) is 16.7 Å². The molecule has 4 heteroatoms. The van der Waals surface area contributed by atoms with E-state index in [1.54, 1.807) is 5.41 Å². The van der Waals surface area contributed by atoms with Crippen LogP contribution >= 0.6 is 11.8 Å². The second kappa shape index (κ2) is 4.84. The minimum Gasteiger partial charge on any atom is -0.454 e. The summed E-state index contributed by atoms with van der Waals surface area (Å²) in [6, 6.07) is 0. The van der Waals surface area contributed by atoms with Crippen LogP contribution in [0.5, 0.6) is 0 Å². The van der Waals surface area contributed by atoms with E-state index in [1.807, 2.05) is 6.26 Å². The maximum atomic E-state index is 11.9. The Morgan fingerprint density at radius 3 is 2.18 bits per heavy atom. The summed E-state index contributed by atoms with van der Waals surface area (Å²) in [5.41, 5.74) is 0.0111. The first-order chi connectivity index (χ1) is 7.75. The molecule has 0 aliphatic heterocycles. The van der Waals surface area contributed by atoms with Gasteiger partial charge in [0.1, 0.15) is 0 Å². The van der Waals surface area contributed by atoms with E-state index < -0.39 is 5.97 Å². The van der Waals surface area contributed by atoms with Gasteiger partial charge in [0.15, 0.2) is 12.4 Å². The van der Waals surface area contributed by atoms with Gasteiger partial charge in [-0.1, -0.05) is 27.7 Å². The van der Waals surface area contributed by atoms with Gasteiger partial charge in [-0.3, -0.25) is 4.79 Å². The zero-order valence-corrected chi connectivity index (χ0v) is 11.9. The fourth-order valence-corrected chi connectivity index (χ4v) is 2.65.